The van der Waals surface area contributed by atoms with E-state index in [1.54, 1.807) is 32.2 Å². The maximum absolute atomic E-state index is 13.7. The molecule has 1 heterocycles. The van der Waals surface area contributed by atoms with Crippen LogP contribution in [0.2, 0.25) is 0 Å². The highest BCUT2D eigenvalue weighted by Crippen LogP contribution is 2.56. The highest BCUT2D eigenvalue weighted by Gasteiger charge is 2.33. The van der Waals surface area contributed by atoms with E-state index < -0.39 is 7.60 Å². The minimum atomic E-state index is -3.79. The van der Waals surface area contributed by atoms with Gasteiger partial charge in [-0.25, -0.2) is 14.5 Å². The molecule has 0 spiro atoms. The molecular formula is C20H28N3O5P. The zero-order valence-corrected chi connectivity index (χ0v) is 18.5. The van der Waals surface area contributed by atoms with Crippen LogP contribution in [0.1, 0.15) is 37.1 Å². The highest BCUT2D eigenvalue weighted by molar-refractivity contribution is 7.59. The molecule has 0 aliphatic carbocycles. The van der Waals surface area contributed by atoms with E-state index in [9.17, 15) is 9.67 Å². The number of hydrogen-bond donors (Lipinski definition) is 2. The third-order valence-corrected chi connectivity index (χ3v) is 6.07. The van der Waals surface area contributed by atoms with Crippen LogP contribution in [0.4, 0.5) is 5.95 Å². The number of anilines is 1. The first kappa shape index (κ1) is 22.7. The predicted molar refractivity (Wildman–Crippen MR) is 113 cm³/mol. The standard InChI is InChI=1S/C20H28N3O5P/c1-7-9-18(23-20-21-12-14(4)15(5)22-20)29(25,27-8-2)28-16-10-13(3)19(24)17(11-16)26-6/h9-12,24H,7-8H2,1-6H3,(H,21,22,23)/b18-9+. The Morgan fingerprint density at radius 1 is 1.24 bits per heavy atom. The van der Waals surface area contributed by atoms with Crippen LogP contribution >= 0.6 is 7.60 Å². The molecule has 9 heteroatoms. The summed E-state index contributed by atoms with van der Waals surface area (Å²) in [6.45, 7) is 9.29. The summed E-state index contributed by atoms with van der Waals surface area (Å²) >= 11 is 0. The van der Waals surface area contributed by atoms with Gasteiger partial charge in [0.05, 0.1) is 13.7 Å². The summed E-state index contributed by atoms with van der Waals surface area (Å²) in [6.07, 6.45) is 4.00. The first-order valence-corrected chi connectivity index (χ1v) is 10.9. The van der Waals surface area contributed by atoms with Crippen LogP contribution in [0.5, 0.6) is 17.2 Å². The molecule has 1 aromatic heterocycles. The lowest BCUT2D eigenvalue weighted by Crippen LogP contribution is -2.11. The van der Waals surface area contributed by atoms with Gasteiger partial charge in [-0.3, -0.25) is 4.52 Å². The Morgan fingerprint density at radius 2 is 1.97 bits per heavy atom. The second-order valence-corrected chi connectivity index (χ2v) is 8.30. The number of phenols is 1. The van der Waals surface area contributed by atoms with Crippen LogP contribution in [0.25, 0.3) is 0 Å². The molecule has 0 fully saturated rings. The van der Waals surface area contributed by atoms with E-state index in [0.717, 1.165) is 11.3 Å². The summed E-state index contributed by atoms with van der Waals surface area (Å²) in [4.78, 5) is 8.63. The first-order valence-electron chi connectivity index (χ1n) is 9.33. The number of aromatic nitrogens is 2. The van der Waals surface area contributed by atoms with Crippen molar-refractivity contribution in [2.45, 2.75) is 41.0 Å². The Morgan fingerprint density at radius 3 is 2.55 bits per heavy atom. The van der Waals surface area contributed by atoms with Crippen LogP contribution in [-0.2, 0) is 9.09 Å². The van der Waals surface area contributed by atoms with Crippen molar-refractivity contribution in [2.75, 3.05) is 19.0 Å². The van der Waals surface area contributed by atoms with Crippen molar-refractivity contribution in [3.05, 3.63) is 46.7 Å². The van der Waals surface area contributed by atoms with Crippen LogP contribution in [0.3, 0.4) is 0 Å². The van der Waals surface area contributed by atoms with Gasteiger partial charge in [-0.1, -0.05) is 13.0 Å². The third kappa shape index (κ3) is 5.49. The molecule has 1 atom stereocenters. The van der Waals surface area contributed by atoms with E-state index in [4.69, 9.17) is 13.8 Å². The lowest BCUT2D eigenvalue weighted by molar-refractivity contribution is 0.285. The van der Waals surface area contributed by atoms with Gasteiger partial charge < -0.3 is 19.7 Å². The van der Waals surface area contributed by atoms with Gasteiger partial charge in [-0.05, 0) is 51.3 Å². The maximum atomic E-state index is 13.7. The van der Waals surface area contributed by atoms with Crippen molar-refractivity contribution in [1.82, 2.24) is 9.97 Å². The number of methoxy groups -OCH3 is 1. The maximum Gasteiger partial charge on any atom is 0.426 e. The lowest BCUT2D eigenvalue weighted by Gasteiger charge is -2.22. The lowest BCUT2D eigenvalue weighted by atomic mass is 10.2. The molecule has 2 rings (SSSR count). The van der Waals surface area contributed by atoms with E-state index in [2.05, 4.69) is 15.3 Å². The normalized spacial score (nSPS) is 13.7. The molecule has 2 N–H and O–H groups in total. The molecule has 2 aromatic rings. The number of aryl methyl sites for hydroxylation is 3. The molecule has 0 saturated carbocycles. The molecule has 158 valence electrons. The summed E-state index contributed by atoms with van der Waals surface area (Å²) < 4.78 is 30.2. The van der Waals surface area contributed by atoms with Crippen molar-refractivity contribution >= 4 is 13.5 Å². The number of allylic oxidation sites excluding steroid dienone is 1. The fourth-order valence-electron chi connectivity index (χ4n) is 2.50. The number of rotatable bonds is 9. The van der Waals surface area contributed by atoms with Crippen molar-refractivity contribution in [2.24, 2.45) is 0 Å². The molecule has 0 aliphatic rings. The second-order valence-electron chi connectivity index (χ2n) is 6.38. The Balaban J connectivity index is 2.43. The molecular weight excluding hydrogens is 393 g/mol. The van der Waals surface area contributed by atoms with Crippen molar-refractivity contribution in [1.29, 1.82) is 0 Å². The molecule has 0 radical (unpaired) electrons. The Bertz CT molecular complexity index is 946. The monoisotopic (exact) mass is 421 g/mol. The summed E-state index contributed by atoms with van der Waals surface area (Å²) in [7, 11) is -2.36. The van der Waals surface area contributed by atoms with Gasteiger partial charge in [0.25, 0.3) is 0 Å². The molecule has 8 nitrogen and oxygen atoms in total. The van der Waals surface area contributed by atoms with Crippen LogP contribution in [0, 0.1) is 20.8 Å². The summed E-state index contributed by atoms with van der Waals surface area (Å²) in [5.41, 5.74) is 2.53. The van der Waals surface area contributed by atoms with E-state index in [1.807, 2.05) is 20.8 Å². The average molecular weight is 421 g/mol. The van der Waals surface area contributed by atoms with Crippen molar-refractivity contribution in [3.8, 4) is 17.2 Å². The van der Waals surface area contributed by atoms with Gasteiger partial charge >= 0.3 is 7.60 Å². The van der Waals surface area contributed by atoms with E-state index in [0.29, 0.717) is 17.9 Å². The fourth-order valence-corrected chi connectivity index (χ4v) is 4.16. The van der Waals surface area contributed by atoms with Crippen molar-refractivity contribution < 1.29 is 23.5 Å². The number of hydrogen-bond acceptors (Lipinski definition) is 8. The average Bonchev–Trinajstić information content (AvgIpc) is 2.67. The molecule has 29 heavy (non-hydrogen) atoms. The van der Waals surface area contributed by atoms with Crippen LogP contribution in [0.15, 0.2) is 29.8 Å². The molecule has 0 aliphatic heterocycles. The van der Waals surface area contributed by atoms with Gasteiger partial charge in [-0.2, -0.15) is 0 Å². The Hall–Kier alpha value is -2.57. The number of nitrogens with one attached hydrogen (secondary N) is 1. The van der Waals surface area contributed by atoms with Gasteiger partial charge in [0.15, 0.2) is 11.5 Å². The number of nitrogens with zero attached hydrogens (tertiary/aromatic N) is 2. The number of benzene rings is 1. The van der Waals surface area contributed by atoms with Gasteiger partial charge in [0.1, 0.15) is 11.2 Å². The summed E-state index contributed by atoms with van der Waals surface area (Å²) in [6, 6.07) is 3.03. The SMILES string of the molecule is CC/C=C(\Nc1ncc(C)c(C)n1)P(=O)(OCC)Oc1cc(C)c(O)c(OC)c1. The van der Waals surface area contributed by atoms with Crippen LogP contribution < -0.4 is 14.6 Å². The molecule has 0 amide bonds. The molecule has 1 unspecified atom stereocenters. The summed E-state index contributed by atoms with van der Waals surface area (Å²) in [5.74, 6) is 0.765. The summed E-state index contributed by atoms with van der Waals surface area (Å²) in [5, 5.41) is 13.0. The Labute approximate surface area is 171 Å². The largest absolute Gasteiger partial charge is 0.504 e. The van der Waals surface area contributed by atoms with E-state index in [-0.39, 0.29) is 29.3 Å². The number of ether oxygens (including phenoxy) is 1. The quantitative estimate of drug-likeness (QED) is 0.540. The predicted octanol–water partition coefficient (Wildman–Crippen LogP) is 5.09. The van der Waals surface area contributed by atoms with Crippen LogP contribution in [-0.4, -0.2) is 28.8 Å². The minimum Gasteiger partial charge on any atom is -0.504 e. The topological polar surface area (TPSA) is 103 Å². The van der Waals surface area contributed by atoms with Gasteiger partial charge in [0, 0.05) is 18.0 Å². The highest BCUT2D eigenvalue weighted by atomic mass is 31.2. The Kier molecular flexibility index (Phi) is 7.65. The zero-order valence-electron chi connectivity index (χ0n) is 17.6. The number of aromatic hydroxyl groups is 1. The van der Waals surface area contributed by atoms with Gasteiger partial charge in [-0.15, -0.1) is 0 Å². The second kappa shape index (κ2) is 9.76. The smallest absolute Gasteiger partial charge is 0.426 e. The molecule has 1 aromatic carbocycles. The van der Waals surface area contributed by atoms with E-state index in [1.165, 1.54) is 13.2 Å². The zero-order chi connectivity index (χ0) is 21.6. The fraction of sp³-hybridized carbons (Fsp3) is 0.400. The molecule has 0 bridgehead atoms. The first-order chi connectivity index (χ1) is 13.7. The van der Waals surface area contributed by atoms with Crippen molar-refractivity contribution in [3.63, 3.8) is 0 Å². The third-order valence-electron chi connectivity index (χ3n) is 4.14. The van der Waals surface area contributed by atoms with E-state index >= 15 is 0 Å². The minimum absolute atomic E-state index is 0.00271. The number of phenolic OH excluding ortho intramolecular Hbond substituents is 1. The van der Waals surface area contributed by atoms with Gasteiger partial charge in [0.2, 0.25) is 5.95 Å². The molecule has 0 saturated heterocycles.